The van der Waals surface area contributed by atoms with E-state index in [1.807, 2.05) is 0 Å². The van der Waals surface area contributed by atoms with Gasteiger partial charge in [0.05, 0.1) is 0 Å². The zero-order chi connectivity index (χ0) is 3.41. The molecule has 0 N–H and O–H groups in total. The lowest BCUT2D eigenvalue weighted by Crippen LogP contribution is -1.42. The van der Waals surface area contributed by atoms with Gasteiger partial charge in [-0.15, -0.1) is 12.4 Å². The van der Waals surface area contributed by atoms with E-state index in [1.54, 1.807) is 0 Å². The highest BCUT2D eigenvalue weighted by molar-refractivity contribution is 7.17. The predicted molar refractivity (Wildman–Crippen MR) is 21.9 cm³/mol. The second kappa shape index (κ2) is 8.84. The fourth-order valence-corrected chi connectivity index (χ4v) is 0. The SMILES string of the molecule is COP=O.Cl. The summed E-state index contributed by atoms with van der Waals surface area (Å²) >= 11 is 0. The van der Waals surface area contributed by atoms with Gasteiger partial charge in [-0.2, -0.15) is 0 Å². The van der Waals surface area contributed by atoms with Gasteiger partial charge in [-0.25, -0.2) is 4.57 Å². The lowest BCUT2D eigenvalue weighted by Gasteiger charge is -1.57. The van der Waals surface area contributed by atoms with Crippen LogP contribution in [0.5, 0.6) is 0 Å². The lowest BCUT2D eigenvalue weighted by molar-refractivity contribution is 0.433. The van der Waals surface area contributed by atoms with Gasteiger partial charge in [0.25, 0.3) is 0 Å². The molecule has 32 valence electrons. The summed E-state index contributed by atoms with van der Waals surface area (Å²) in [5.74, 6) is 0. The number of hydrogen-bond donors (Lipinski definition) is 0. The predicted octanol–water partition coefficient (Wildman–Crippen LogP) is 1.26. The maximum atomic E-state index is 9.05. The fourth-order valence-electron chi connectivity index (χ4n) is 0. The Morgan fingerprint density at radius 3 is 2.00 bits per heavy atom. The molecule has 0 aromatic carbocycles. The van der Waals surface area contributed by atoms with Crippen LogP contribution in [0.25, 0.3) is 0 Å². The van der Waals surface area contributed by atoms with Gasteiger partial charge in [-0.3, -0.25) is 4.52 Å². The molecule has 0 aliphatic heterocycles. The molecule has 0 aromatic rings. The zero-order valence-electron chi connectivity index (χ0n) is 2.67. The summed E-state index contributed by atoms with van der Waals surface area (Å²) in [6.45, 7) is 0. The third-order valence-corrected chi connectivity index (χ3v) is 0.224. The van der Waals surface area contributed by atoms with Crippen LogP contribution in [0.2, 0.25) is 0 Å². The van der Waals surface area contributed by atoms with E-state index in [0.29, 0.717) is 0 Å². The van der Waals surface area contributed by atoms with Crippen LogP contribution in [0.4, 0.5) is 0 Å². The molecule has 0 atom stereocenters. The third-order valence-electron chi connectivity index (χ3n) is 0.0745. The quantitative estimate of drug-likeness (QED) is 0.480. The zero-order valence-corrected chi connectivity index (χ0v) is 4.38. The molecule has 0 aliphatic carbocycles. The van der Waals surface area contributed by atoms with E-state index in [1.165, 1.54) is 7.11 Å². The van der Waals surface area contributed by atoms with Crippen molar-refractivity contribution in [1.29, 1.82) is 0 Å². The molecule has 0 amide bonds. The van der Waals surface area contributed by atoms with Crippen molar-refractivity contribution in [2.24, 2.45) is 0 Å². The standard InChI is InChI=1S/CH3O2P.ClH/c1-3-4-2;/h1H3;1H. The minimum absolute atomic E-state index is 0. The first-order chi connectivity index (χ1) is 1.91. The monoisotopic (exact) mass is 114 g/mol. The lowest BCUT2D eigenvalue weighted by atomic mass is 11.8. The normalized spacial score (nSPS) is 6.60. The molecule has 0 aromatic heterocycles. The first-order valence-electron chi connectivity index (χ1n) is 0.773. The first-order valence-corrected chi connectivity index (χ1v) is 1.50. The molecule has 4 heteroatoms. The van der Waals surface area contributed by atoms with Crippen LogP contribution in [0.1, 0.15) is 0 Å². The minimum Gasteiger partial charge on any atom is -0.298 e. The van der Waals surface area contributed by atoms with E-state index in [2.05, 4.69) is 4.52 Å². The van der Waals surface area contributed by atoms with Crippen molar-refractivity contribution in [3.8, 4) is 0 Å². The van der Waals surface area contributed by atoms with Crippen LogP contribution in [0.15, 0.2) is 0 Å². The molecule has 0 radical (unpaired) electrons. The van der Waals surface area contributed by atoms with E-state index < -0.39 is 0 Å². The van der Waals surface area contributed by atoms with Gasteiger partial charge in [0, 0.05) is 7.11 Å². The maximum absolute atomic E-state index is 9.05. The Labute approximate surface area is 38.2 Å². The van der Waals surface area contributed by atoms with Crippen molar-refractivity contribution in [1.82, 2.24) is 0 Å². The topological polar surface area (TPSA) is 26.3 Å². The van der Waals surface area contributed by atoms with Gasteiger partial charge in [0.1, 0.15) is 0 Å². The van der Waals surface area contributed by atoms with Gasteiger partial charge < -0.3 is 0 Å². The van der Waals surface area contributed by atoms with Crippen LogP contribution in [-0.4, -0.2) is 7.11 Å². The highest BCUT2D eigenvalue weighted by atomic mass is 35.5. The summed E-state index contributed by atoms with van der Waals surface area (Å²) in [5, 5.41) is 0. The summed E-state index contributed by atoms with van der Waals surface area (Å²) < 4.78 is 13.0. The molecule has 5 heavy (non-hydrogen) atoms. The van der Waals surface area contributed by atoms with Crippen molar-refractivity contribution in [3.05, 3.63) is 0 Å². The molecule has 0 heterocycles. The summed E-state index contributed by atoms with van der Waals surface area (Å²) in [6, 6.07) is 0. The molecule has 0 saturated heterocycles. The second-order valence-corrected chi connectivity index (χ2v) is 0.771. The molecule has 0 fully saturated rings. The highest BCUT2D eigenvalue weighted by Crippen LogP contribution is 1.83. The molecular formula is CH4ClO2P. The molecule has 0 spiro atoms. The van der Waals surface area contributed by atoms with Crippen LogP contribution < -0.4 is 0 Å². The van der Waals surface area contributed by atoms with E-state index >= 15 is 0 Å². The second-order valence-electron chi connectivity index (χ2n) is 0.257. The number of rotatable bonds is 1. The number of hydrogen-bond acceptors (Lipinski definition) is 2. The van der Waals surface area contributed by atoms with Crippen LogP contribution in [-0.2, 0) is 9.09 Å². The Kier molecular flexibility index (Phi) is 15.9. The largest absolute Gasteiger partial charge is 0.327 e. The molecular weight excluding hydrogens is 110 g/mol. The first kappa shape index (κ1) is 9.02. The van der Waals surface area contributed by atoms with E-state index in [9.17, 15) is 0 Å². The van der Waals surface area contributed by atoms with Gasteiger partial charge in [0.2, 0.25) is 0 Å². The van der Waals surface area contributed by atoms with Gasteiger partial charge in [0.15, 0.2) is 0 Å². The highest BCUT2D eigenvalue weighted by Gasteiger charge is 1.51. The Bertz CT molecular complexity index is 23.6. The average molecular weight is 114 g/mol. The van der Waals surface area contributed by atoms with Gasteiger partial charge >= 0.3 is 8.69 Å². The van der Waals surface area contributed by atoms with Crippen molar-refractivity contribution < 1.29 is 9.09 Å². The van der Waals surface area contributed by atoms with Gasteiger partial charge in [-0.05, 0) is 0 Å². The fraction of sp³-hybridized carbons (Fsp3) is 1.00. The average Bonchev–Trinajstić information content (AvgIpc) is 1.37. The molecule has 0 bridgehead atoms. The van der Waals surface area contributed by atoms with Gasteiger partial charge in [-0.1, -0.05) is 0 Å². The molecule has 0 rings (SSSR count). The van der Waals surface area contributed by atoms with E-state index in [-0.39, 0.29) is 21.1 Å². The van der Waals surface area contributed by atoms with Crippen LogP contribution in [0, 0.1) is 0 Å². The Morgan fingerprint density at radius 1 is 1.80 bits per heavy atom. The van der Waals surface area contributed by atoms with Crippen molar-refractivity contribution in [3.63, 3.8) is 0 Å². The van der Waals surface area contributed by atoms with Crippen molar-refractivity contribution in [2.45, 2.75) is 0 Å². The molecule has 0 aliphatic rings. The van der Waals surface area contributed by atoms with Crippen LogP contribution >= 0.6 is 21.1 Å². The summed E-state index contributed by atoms with van der Waals surface area (Å²) in [4.78, 5) is 0. The molecule has 2 nitrogen and oxygen atoms in total. The maximum Gasteiger partial charge on any atom is 0.327 e. The van der Waals surface area contributed by atoms with E-state index in [4.69, 9.17) is 4.57 Å². The third kappa shape index (κ3) is 13.2. The van der Waals surface area contributed by atoms with Crippen molar-refractivity contribution >= 4 is 21.1 Å². The summed E-state index contributed by atoms with van der Waals surface area (Å²) in [7, 11) is 1.10. The van der Waals surface area contributed by atoms with E-state index in [0.717, 1.165) is 0 Å². The summed E-state index contributed by atoms with van der Waals surface area (Å²) in [6.07, 6.45) is 0. The van der Waals surface area contributed by atoms with Crippen LogP contribution in [0.3, 0.4) is 0 Å². The Morgan fingerprint density at radius 2 is 2.00 bits per heavy atom. The molecule has 0 saturated carbocycles. The Hall–Kier alpha value is 0.350. The van der Waals surface area contributed by atoms with Crippen molar-refractivity contribution in [2.75, 3.05) is 7.11 Å². The molecule has 0 unspecified atom stereocenters. The minimum atomic E-state index is -0.252. The Balaban J connectivity index is 0. The smallest absolute Gasteiger partial charge is 0.298 e. The summed E-state index contributed by atoms with van der Waals surface area (Å²) in [5.41, 5.74) is 0. The number of halogens is 1.